The molecule has 1 aliphatic carbocycles. The number of nitrogens with zero attached hydrogens (tertiary/aromatic N) is 2. The quantitative estimate of drug-likeness (QED) is 0.761. The Morgan fingerprint density at radius 2 is 1.82 bits per heavy atom. The summed E-state index contributed by atoms with van der Waals surface area (Å²) >= 11 is 0. The molecule has 1 fully saturated rings. The van der Waals surface area contributed by atoms with Gasteiger partial charge in [-0.3, -0.25) is 9.78 Å². The summed E-state index contributed by atoms with van der Waals surface area (Å²) in [4.78, 5) is 32.2. The van der Waals surface area contributed by atoms with Crippen molar-refractivity contribution in [2.24, 2.45) is 11.8 Å². The van der Waals surface area contributed by atoms with Crippen LogP contribution in [-0.4, -0.2) is 41.5 Å². The standard InChI is InChI=1S/C23H28N2O3/c1-15-11-16(2)13-25(12-15)21(26)14-28-23(27)22-17-7-3-5-9-19(17)24-20-10-6-4-8-18(20)22/h3,5,7,9,15-16H,4,6,8,10-14H2,1-2H3. The molecule has 0 spiro atoms. The molecule has 2 aliphatic rings. The van der Waals surface area contributed by atoms with E-state index in [9.17, 15) is 9.59 Å². The summed E-state index contributed by atoms with van der Waals surface area (Å²) in [5, 5.41) is 0.820. The molecule has 4 rings (SSSR count). The molecule has 1 aliphatic heterocycles. The molecule has 28 heavy (non-hydrogen) atoms. The van der Waals surface area contributed by atoms with Crippen molar-refractivity contribution >= 4 is 22.8 Å². The highest BCUT2D eigenvalue weighted by Crippen LogP contribution is 2.30. The Morgan fingerprint density at radius 3 is 2.61 bits per heavy atom. The number of para-hydroxylation sites is 1. The van der Waals surface area contributed by atoms with Gasteiger partial charge in [-0.1, -0.05) is 32.0 Å². The Labute approximate surface area is 166 Å². The number of carbonyl (C=O) groups is 2. The van der Waals surface area contributed by atoms with Gasteiger partial charge >= 0.3 is 5.97 Å². The van der Waals surface area contributed by atoms with Crippen molar-refractivity contribution in [3.63, 3.8) is 0 Å². The highest BCUT2D eigenvalue weighted by atomic mass is 16.5. The predicted octanol–water partition coefficient (Wildman–Crippen LogP) is 3.77. The topological polar surface area (TPSA) is 59.5 Å². The second-order valence-corrected chi connectivity index (χ2v) is 8.46. The Balaban J connectivity index is 1.55. The van der Waals surface area contributed by atoms with Gasteiger partial charge in [0.05, 0.1) is 11.1 Å². The number of aryl methyl sites for hydroxylation is 1. The molecule has 2 aromatic rings. The first-order valence-electron chi connectivity index (χ1n) is 10.4. The van der Waals surface area contributed by atoms with Gasteiger partial charge in [0, 0.05) is 24.2 Å². The van der Waals surface area contributed by atoms with Gasteiger partial charge in [-0.05, 0) is 55.6 Å². The summed E-state index contributed by atoms with van der Waals surface area (Å²) in [6.45, 7) is 5.63. The fourth-order valence-electron chi connectivity index (χ4n) is 4.76. The number of fused-ring (bicyclic) bond motifs is 2. The van der Waals surface area contributed by atoms with Crippen molar-refractivity contribution in [1.82, 2.24) is 9.88 Å². The molecule has 0 N–H and O–H groups in total. The van der Waals surface area contributed by atoms with Gasteiger partial charge in [-0.25, -0.2) is 4.79 Å². The van der Waals surface area contributed by atoms with E-state index in [1.807, 2.05) is 29.2 Å². The lowest BCUT2D eigenvalue weighted by Gasteiger charge is -2.34. The first kappa shape index (κ1) is 18.9. The zero-order valence-corrected chi connectivity index (χ0v) is 16.7. The molecule has 1 amide bonds. The van der Waals surface area contributed by atoms with E-state index in [2.05, 4.69) is 13.8 Å². The molecular weight excluding hydrogens is 352 g/mol. The largest absolute Gasteiger partial charge is 0.452 e. The monoisotopic (exact) mass is 380 g/mol. The van der Waals surface area contributed by atoms with Gasteiger partial charge in [0.1, 0.15) is 0 Å². The van der Waals surface area contributed by atoms with E-state index in [1.54, 1.807) is 0 Å². The van der Waals surface area contributed by atoms with Crippen molar-refractivity contribution < 1.29 is 14.3 Å². The third-order valence-electron chi connectivity index (χ3n) is 5.92. The van der Waals surface area contributed by atoms with Crippen LogP contribution in [0.1, 0.15) is 54.7 Å². The molecule has 0 bridgehead atoms. The van der Waals surface area contributed by atoms with E-state index >= 15 is 0 Å². The molecule has 2 heterocycles. The first-order valence-corrected chi connectivity index (χ1v) is 10.4. The van der Waals surface area contributed by atoms with Gasteiger partial charge in [-0.2, -0.15) is 0 Å². The van der Waals surface area contributed by atoms with Crippen LogP contribution in [0.15, 0.2) is 24.3 Å². The minimum atomic E-state index is -0.400. The van der Waals surface area contributed by atoms with Crippen LogP contribution in [0.5, 0.6) is 0 Å². The third kappa shape index (κ3) is 3.75. The van der Waals surface area contributed by atoms with Crippen LogP contribution < -0.4 is 0 Å². The van der Waals surface area contributed by atoms with Crippen molar-refractivity contribution in [2.75, 3.05) is 19.7 Å². The van der Waals surface area contributed by atoms with Gasteiger partial charge in [0.15, 0.2) is 6.61 Å². The van der Waals surface area contributed by atoms with Crippen molar-refractivity contribution in [1.29, 1.82) is 0 Å². The van der Waals surface area contributed by atoms with Crippen LogP contribution in [0.25, 0.3) is 10.9 Å². The number of piperidine rings is 1. The number of ether oxygens (including phenoxy) is 1. The third-order valence-corrected chi connectivity index (χ3v) is 5.92. The lowest BCUT2D eigenvalue weighted by atomic mass is 9.90. The van der Waals surface area contributed by atoms with E-state index in [0.29, 0.717) is 17.4 Å². The number of likely N-dealkylation sites (tertiary alicyclic amines) is 1. The minimum absolute atomic E-state index is 0.0982. The number of hydrogen-bond acceptors (Lipinski definition) is 4. The van der Waals surface area contributed by atoms with E-state index in [0.717, 1.165) is 67.4 Å². The number of hydrogen-bond donors (Lipinski definition) is 0. The molecule has 5 heteroatoms. The molecule has 0 radical (unpaired) electrons. The Hall–Kier alpha value is -2.43. The van der Waals surface area contributed by atoms with E-state index in [4.69, 9.17) is 9.72 Å². The fraction of sp³-hybridized carbons (Fsp3) is 0.522. The number of rotatable bonds is 3. The van der Waals surface area contributed by atoms with Crippen LogP contribution in [0.3, 0.4) is 0 Å². The SMILES string of the molecule is CC1CC(C)CN(C(=O)COC(=O)c2c3c(nc4ccccc24)CCCC3)C1. The van der Waals surface area contributed by atoms with E-state index < -0.39 is 5.97 Å². The average molecular weight is 380 g/mol. The maximum absolute atomic E-state index is 13.0. The minimum Gasteiger partial charge on any atom is -0.452 e. The summed E-state index contributed by atoms with van der Waals surface area (Å²) in [6, 6.07) is 7.70. The molecule has 1 aromatic heterocycles. The molecule has 1 aromatic carbocycles. The Morgan fingerprint density at radius 1 is 1.11 bits per heavy atom. The van der Waals surface area contributed by atoms with Gasteiger partial charge in [0.2, 0.25) is 0 Å². The second-order valence-electron chi connectivity index (χ2n) is 8.46. The molecular formula is C23H28N2O3. The van der Waals surface area contributed by atoms with Gasteiger partial charge in [-0.15, -0.1) is 0 Å². The zero-order chi connectivity index (χ0) is 19.7. The van der Waals surface area contributed by atoms with Crippen molar-refractivity contribution in [2.45, 2.75) is 46.0 Å². The van der Waals surface area contributed by atoms with E-state index in [1.165, 1.54) is 0 Å². The lowest BCUT2D eigenvalue weighted by molar-refractivity contribution is -0.137. The fourth-order valence-corrected chi connectivity index (χ4v) is 4.76. The smallest absolute Gasteiger partial charge is 0.339 e. The molecule has 2 atom stereocenters. The number of pyridine rings is 1. The second kappa shape index (κ2) is 7.90. The molecule has 5 nitrogen and oxygen atoms in total. The lowest BCUT2D eigenvalue weighted by Crippen LogP contribution is -2.44. The maximum Gasteiger partial charge on any atom is 0.339 e. The van der Waals surface area contributed by atoms with Gasteiger partial charge < -0.3 is 9.64 Å². The number of benzene rings is 1. The van der Waals surface area contributed by atoms with Crippen molar-refractivity contribution in [3.8, 4) is 0 Å². The normalized spacial score (nSPS) is 22.0. The number of esters is 1. The Kier molecular flexibility index (Phi) is 5.33. The first-order chi connectivity index (χ1) is 13.5. The molecule has 1 saturated heterocycles. The summed E-state index contributed by atoms with van der Waals surface area (Å²) in [5.74, 6) is 0.473. The zero-order valence-electron chi connectivity index (χ0n) is 16.7. The highest BCUT2D eigenvalue weighted by Gasteiger charge is 2.28. The molecule has 0 saturated carbocycles. The summed E-state index contributed by atoms with van der Waals surface area (Å²) < 4.78 is 5.53. The number of aromatic nitrogens is 1. The maximum atomic E-state index is 13.0. The Bertz CT molecular complexity index is 898. The summed E-state index contributed by atoms with van der Waals surface area (Å²) in [7, 11) is 0. The van der Waals surface area contributed by atoms with E-state index in [-0.39, 0.29) is 12.5 Å². The molecule has 2 unspecified atom stereocenters. The number of carbonyl (C=O) groups excluding carboxylic acids is 2. The summed E-state index contributed by atoms with van der Waals surface area (Å²) in [6.07, 6.45) is 5.01. The van der Waals surface area contributed by atoms with Crippen LogP contribution in [0.2, 0.25) is 0 Å². The van der Waals surface area contributed by atoms with Gasteiger partial charge in [0.25, 0.3) is 5.91 Å². The molecule has 148 valence electrons. The van der Waals surface area contributed by atoms with Crippen molar-refractivity contribution in [3.05, 3.63) is 41.1 Å². The van der Waals surface area contributed by atoms with Crippen LogP contribution in [0.4, 0.5) is 0 Å². The van der Waals surface area contributed by atoms with Crippen LogP contribution >= 0.6 is 0 Å². The summed E-state index contributed by atoms with van der Waals surface area (Å²) in [5.41, 5.74) is 3.43. The average Bonchev–Trinajstić information content (AvgIpc) is 2.69. The van der Waals surface area contributed by atoms with Crippen LogP contribution in [0, 0.1) is 11.8 Å². The van der Waals surface area contributed by atoms with Crippen LogP contribution in [-0.2, 0) is 22.4 Å². The highest BCUT2D eigenvalue weighted by molar-refractivity contribution is 6.05. The number of amides is 1. The predicted molar refractivity (Wildman–Crippen MR) is 108 cm³/mol.